The van der Waals surface area contributed by atoms with Gasteiger partial charge < -0.3 is 10.1 Å². The van der Waals surface area contributed by atoms with E-state index in [0.717, 1.165) is 24.8 Å². The van der Waals surface area contributed by atoms with Gasteiger partial charge in [-0.2, -0.15) is 0 Å². The summed E-state index contributed by atoms with van der Waals surface area (Å²) in [4.78, 5) is 23.3. The fourth-order valence-corrected chi connectivity index (χ4v) is 2.70. The Morgan fingerprint density at radius 2 is 2.08 bits per heavy atom. The van der Waals surface area contributed by atoms with Crippen LogP contribution in [-0.2, 0) is 14.3 Å². The Morgan fingerprint density at radius 3 is 2.83 bits per heavy atom. The van der Waals surface area contributed by atoms with Crippen molar-refractivity contribution in [3.05, 3.63) is 52.6 Å². The number of nitrogens with one attached hydrogen (secondary N) is 1. The van der Waals surface area contributed by atoms with Crippen LogP contribution in [0.15, 0.2) is 42.0 Å². The van der Waals surface area contributed by atoms with Gasteiger partial charge in [-0.3, -0.25) is 4.79 Å². The second kappa shape index (κ2) is 9.93. The lowest BCUT2D eigenvalue weighted by atomic mass is 9.97. The van der Waals surface area contributed by atoms with E-state index in [0.29, 0.717) is 11.6 Å². The molecule has 0 unspecified atom stereocenters. The number of hydrogen-bond acceptors (Lipinski definition) is 3. The Labute approximate surface area is 147 Å². The van der Waals surface area contributed by atoms with Gasteiger partial charge in [-0.25, -0.2) is 4.79 Å². The second-order valence-corrected chi connectivity index (χ2v) is 6.08. The summed E-state index contributed by atoms with van der Waals surface area (Å²) in [6.45, 7) is 0.308. The molecule has 1 aliphatic rings. The van der Waals surface area contributed by atoms with Gasteiger partial charge in [-0.15, -0.1) is 0 Å². The van der Waals surface area contributed by atoms with Crippen molar-refractivity contribution < 1.29 is 14.3 Å². The number of esters is 1. The first-order valence-electron chi connectivity index (χ1n) is 8.19. The van der Waals surface area contributed by atoms with Gasteiger partial charge in [0.25, 0.3) is 5.91 Å². The molecule has 4 nitrogen and oxygen atoms in total. The van der Waals surface area contributed by atoms with Crippen molar-refractivity contribution in [1.82, 2.24) is 5.32 Å². The number of hydrogen-bond donors (Lipinski definition) is 1. The summed E-state index contributed by atoms with van der Waals surface area (Å²) < 4.78 is 4.91. The maximum atomic E-state index is 11.7. The van der Waals surface area contributed by atoms with E-state index in [1.54, 1.807) is 18.2 Å². The number of benzene rings is 1. The molecule has 0 saturated carbocycles. The van der Waals surface area contributed by atoms with Crippen molar-refractivity contribution >= 4 is 29.6 Å². The van der Waals surface area contributed by atoms with E-state index in [1.807, 2.05) is 12.1 Å². The summed E-state index contributed by atoms with van der Waals surface area (Å²) in [5.74, 6) is -0.856. The normalized spacial score (nSPS) is 14.3. The molecule has 1 aromatic carbocycles. The van der Waals surface area contributed by atoms with Crippen LogP contribution in [0.3, 0.4) is 0 Å². The molecular weight excluding hydrogens is 326 g/mol. The Bertz CT molecular complexity index is 637. The van der Waals surface area contributed by atoms with E-state index in [-0.39, 0.29) is 12.5 Å². The molecule has 24 heavy (non-hydrogen) atoms. The maximum absolute atomic E-state index is 11.7. The Balaban J connectivity index is 1.65. The van der Waals surface area contributed by atoms with E-state index in [1.165, 1.54) is 24.5 Å². The highest BCUT2D eigenvalue weighted by molar-refractivity contribution is 6.32. The van der Waals surface area contributed by atoms with Crippen LogP contribution in [-0.4, -0.2) is 25.0 Å². The second-order valence-electron chi connectivity index (χ2n) is 5.67. The number of ether oxygens (including phenoxy) is 1. The highest BCUT2D eigenvalue weighted by Gasteiger charge is 2.07. The highest BCUT2D eigenvalue weighted by Crippen LogP contribution is 2.19. The molecular formula is C19H22ClNO3. The van der Waals surface area contributed by atoms with Crippen molar-refractivity contribution in [2.75, 3.05) is 13.2 Å². The predicted molar refractivity (Wildman–Crippen MR) is 95.6 cm³/mol. The van der Waals surface area contributed by atoms with Crippen LogP contribution in [0.1, 0.15) is 37.7 Å². The first kappa shape index (κ1) is 18.3. The molecule has 5 heteroatoms. The van der Waals surface area contributed by atoms with E-state index in [2.05, 4.69) is 11.4 Å². The molecule has 0 bridgehead atoms. The molecule has 0 atom stereocenters. The smallest absolute Gasteiger partial charge is 0.331 e. The zero-order valence-corrected chi connectivity index (χ0v) is 14.3. The van der Waals surface area contributed by atoms with Crippen LogP contribution >= 0.6 is 11.6 Å². The molecule has 1 aliphatic carbocycles. The Hall–Kier alpha value is -2.07. The molecule has 2 rings (SSSR count). The summed E-state index contributed by atoms with van der Waals surface area (Å²) in [7, 11) is 0. The van der Waals surface area contributed by atoms with Gasteiger partial charge in [0.05, 0.1) is 0 Å². The number of rotatable bonds is 7. The van der Waals surface area contributed by atoms with Crippen molar-refractivity contribution in [1.29, 1.82) is 0 Å². The molecule has 0 aromatic heterocycles. The first-order valence-corrected chi connectivity index (χ1v) is 8.57. The zero-order chi connectivity index (χ0) is 17.2. The fourth-order valence-electron chi connectivity index (χ4n) is 2.50. The average molecular weight is 348 g/mol. The zero-order valence-electron chi connectivity index (χ0n) is 13.6. The van der Waals surface area contributed by atoms with Crippen molar-refractivity contribution in [2.24, 2.45) is 0 Å². The summed E-state index contributed by atoms with van der Waals surface area (Å²) in [6.07, 6.45) is 10.7. The Kier molecular flexibility index (Phi) is 7.56. The summed E-state index contributed by atoms with van der Waals surface area (Å²) >= 11 is 5.98. The van der Waals surface area contributed by atoms with Crippen LogP contribution in [0.2, 0.25) is 5.02 Å². The van der Waals surface area contributed by atoms with Crippen LogP contribution in [0.5, 0.6) is 0 Å². The molecule has 0 saturated heterocycles. The van der Waals surface area contributed by atoms with Gasteiger partial charge in [0.2, 0.25) is 0 Å². The molecule has 1 N–H and O–H groups in total. The largest absolute Gasteiger partial charge is 0.452 e. The molecule has 128 valence electrons. The third-order valence-corrected chi connectivity index (χ3v) is 4.15. The third-order valence-electron chi connectivity index (χ3n) is 3.80. The van der Waals surface area contributed by atoms with Crippen LogP contribution in [0, 0.1) is 0 Å². The summed E-state index contributed by atoms with van der Waals surface area (Å²) in [5.41, 5.74) is 2.13. The van der Waals surface area contributed by atoms with E-state index in [9.17, 15) is 9.59 Å². The van der Waals surface area contributed by atoms with E-state index in [4.69, 9.17) is 16.3 Å². The lowest BCUT2D eigenvalue weighted by molar-refractivity contribution is -0.143. The lowest BCUT2D eigenvalue weighted by Gasteiger charge is -2.12. The van der Waals surface area contributed by atoms with Crippen LogP contribution in [0.4, 0.5) is 0 Å². The number of carbonyl (C=O) groups excluding carboxylic acids is 2. The van der Waals surface area contributed by atoms with Gasteiger partial charge >= 0.3 is 5.97 Å². The van der Waals surface area contributed by atoms with Crippen LogP contribution < -0.4 is 5.32 Å². The molecule has 0 spiro atoms. The number of halogens is 1. The monoisotopic (exact) mass is 347 g/mol. The van der Waals surface area contributed by atoms with Crippen molar-refractivity contribution in [2.45, 2.75) is 32.1 Å². The lowest BCUT2D eigenvalue weighted by Crippen LogP contribution is -2.29. The van der Waals surface area contributed by atoms with Gasteiger partial charge in [0, 0.05) is 17.6 Å². The number of allylic oxidation sites excluding steroid dienone is 1. The maximum Gasteiger partial charge on any atom is 0.331 e. The quantitative estimate of drug-likeness (QED) is 0.462. The number of carbonyl (C=O) groups is 2. The van der Waals surface area contributed by atoms with Gasteiger partial charge in [-0.05, 0) is 49.8 Å². The predicted octanol–water partition coefficient (Wildman–Crippen LogP) is 3.90. The molecule has 0 aliphatic heterocycles. The van der Waals surface area contributed by atoms with E-state index < -0.39 is 5.97 Å². The minimum absolute atomic E-state index is 0.273. The molecule has 1 amide bonds. The molecule has 0 radical (unpaired) electrons. The topological polar surface area (TPSA) is 55.4 Å². The minimum atomic E-state index is -0.569. The summed E-state index contributed by atoms with van der Waals surface area (Å²) in [6, 6.07) is 7.16. The average Bonchev–Trinajstić information content (AvgIpc) is 2.60. The van der Waals surface area contributed by atoms with Gasteiger partial charge in [-0.1, -0.05) is 41.4 Å². The third kappa shape index (κ3) is 6.59. The SMILES string of the molecule is O=C(COC(=O)/C=C/c1ccccc1Cl)NCCC1=CCCCC1. The molecule has 1 aromatic rings. The Morgan fingerprint density at radius 1 is 1.25 bits per heavy atom. The summed E-state index contributed by atoms with van der Waals surface area (Å²) in [5, 5.41) is 3.32. The standard InChI is InChI=1S/C19H22ClNO3/c20-17-9-5-4-8-16(17)10-11-19(23)24-14-18(22)21-13-12-15-6-2-1-3-7-15/h4-6,8-11H,1-3,7,12-14H2,(H,21,22)/b11-10+. The molecule has 0 fully saturated rings. The highest BCUT2D eigenvalue weighted by atomic mass is 35.5. The van der Waals surface area contributed by atoms with Crippen molar-refractivity contribution in [3.63, 3.8) is 0 Å². The van der Waals surface area contributed by atoms with Gasteiger partial charge in [0.15, 0.2) is 6.61 Å². The number of amides is 1. The van der Waals surface area contributed by atoms with Crippen LogP contribution in [0.25, 0.3) is 6.08 Å². The molecule has 0 heterocycles. The van der Waals surface area contributed by atoms with Crippen molar-refractivity contribution in [3.8, 4) is 0 Å². The van der Waals surface area contributed by atoms with Gasteiger partial charge in [0.1, 0.15) is 0 Å². The first-order chi connectivity index (χ1) is 11.6. The van der Waals surface area contributed by atoms with E-state index >= 15 is 0 Å². The fraction of sp³-hybridized carbons (Fsp3) is 0.368. The minimum Gasteiger partial charge on any atom is -0.452 e.